The quantitative estimate of drug-likeness (QED) is 0.927. The highest BCUT2D eigenvalue weighted by Gasteiger charge is 2.34. The molecule has 24 heavy (non-hydrogen) atoms. The number of alkyl halides is 2. The molecule has 2 N–H and O–H groups in total. The van der Waals surface area contributed by atoms with Crippen molar-refractivity contribution in [1.82, 2.24) is 14.8 Å². The van der Waals surface area contributed by atoms with Gasteiger partial charge in [-0.2, -0.15) is 5.10 Å². The molecule has 0 amide bonds. The van der Waals surface area contributed by atoms with Gasteiger partial charge in [-0.05, 0) is 62.8 Å². The van der Waals surface area contributed by atoms with Gasteiger partial charge in [-0.3, -0.25) is 0 Å². The molecule has 0 radical (unpaired) electrons. The lowest BCUT2D eigenvalue weighted by Crippen LogP contribution is -2.25. The predicted molar refractivity (Wildman–Crippen MR) is 89.3 cm³/mol. The lowest BCUT2D eigenvalue weighted by Gasteiger charge is -2.28. The largest absolute Gasteiger partial charge is 0.326 e. The second kappa shape index (κ2) is 6.59. The number of nitrogens with two attached hydrogens (primary N) is 1. The minimum absolute atomic E-state index is 0.0153. The van der Waals surface area contributed by atoms with Crippen molar-refractivity contribution in [2.24, 2.45) is 11.7 Å². The molecule has 3 rings (SSSR count). The first-order chi connectivity index (χ1) is 11.4. The van der Waals surface area contributed by atoms with Gasteiger partial charge in [-0.25, -0.2) is 18.4 Å². The van der Waals surface area contributed by atoms with E-state index in [0.717, 1.165) is 34.9 Å². The summed E-state index contributed by atoms with van der Waals surface area (Å²) in [5.74, 6) is -1.48. The van der Waals surface area contributed by atoms with Gasteiger partial charge in [0.05, 0.1) is 5.69 Å². The summed E-state index contributed by atoms with van der Waals surface area (Å²) in [5, 5.41) is 4.48. The molecular formula is C18H24F2N4. The Labute approximate surface area is 141 Å². The van der Waals surface area contributed by atoms with Crippen LogP contribution in [0, 0.1) is 19.8 Å². The lowest BCUT2D eigenvalue weighted by molar-refractivity contribution is -0.0457. The van der Waals surface area contributed by atoms with Gasteiger partial charge < -0.3 is 5.73 Å². The van der Waals surface area contributed by atoms with Crippen LogP contribution in [-0.4, -0.2) is 20.7 Å². The van der Waals surface area contributed by atoms with Crippen LogP contribution in [0.1, 0.15) is 48.3 Å². The molecule has 2 aromatic heterocycles. The summed E-state index contributed by atoms with van der Waals surface area (Å²) >= 11 is 0. The van der Waals surface area contributed by atoms with Crippen molar-refractivity contribution in [2.75, 3.05) is 0 Å². The topological polar surface area (TPSA) is 56.7 Å². The molecule has 1 aliphatic carbocycles. The minimum Gasteiger partial charge on any atom is -0.326 e. The maximum atomic E-state index is 13.3. The molecule has 0 spiro atoms. The summed E-state index contributed by atoms with van der Waals surface area (Å²) in [4.78, 5) is 4.71. The number of nitrogens with zero attached hydrogens (tertiary/aromatic N) is 3. The van der Waals surface area contributed by atoms with Crippen LogP contribution in [0.4, 0.5) is 8.78 Å². The summed E-state index contributed by atoms with van der Waals surface area (Å²) < 4.78 is 28.5. The maximum absolute atomic E-state index is 13.3. The number of rotatable bonds is 4. The molecule has 6 heteroatoms. The first-order valence-electron chi connectivity index (χ1n) is 8.48. The Morgan fingerprint density at radius 3 is 2.50 bits per heavy atom. The van der Waals surface area contributed by atoms with Crippen molar-refractivity contribution in [3.63, 3.8) is 0 Å². The average molecular weight is 334 g/mol. The van der Waals surface area contributed by atoms with E-state index in [0.29, 0.717) is 19.4 Å². The minimum atomic E-state index is -2.49. The zero-order valence-corrected chi connectivity index (χ0v) is 14.2. The van der Waals surface area contributed by atoms with Crippen molar-refractivity contribution in [2.45, 2.75) is 58.4 Å². The number of pyridine rings is 1. The van der Waals surface area contributed by atoms with Crippen molar-refractivity contribution in [3.05, 3.63) is 40.8 Å². The zero-order chi connectivity index (χ0) is 17.3. The molecule has 2 heterocycles. The molecule has 1 fully saturated rings. The van der Waals surface area contributed by atoms with Crippen LogP contribution in [-0.2, 0) is 13.0 Å². The summed E-state index contributed by atoms with van der Waals surface area (Å²) in [6.07, 6.45) is 1.79. The second-order valence-corrected chi connectivity index (χ2v) is 6.87. The van der Waals surface area contributed by atoms with E-state index >= 15 is 0 Å². The summed E-state index contributed by atoms with van der Waals surface area (Å²) in [7, 11) is 0. The molecule has 0 bridgehead atoms. The highest BCUT2D eigenvalue weighted by Crippen LogP contribution is 2.37. The van der Waals surface area contributed by atoms with Crippen LogP contribution < -0.4 is 5.73 Å². The van der Waals surface area contributed by atoms with Crippen LogP contribution >= 0.6 is 0 Å². The van der Waals surface area contributed by atoms with E-state index in [1.807, 2.05) is 36.7 Å². The fraction of sp³-hybridized carbons (Fsp3) is 0.556. The Kier molecular flexibility index (Phi) is 4.67. The lowest BCUT2D eigenvalue weighted by atomic mass is 9.84. The Morgan fingerprint density at radius 1 is 1.21 bits per heavy atom. The van der Waals surface area contributed by atoms with E-state index in [-0.39, 0.29) is 18.8 Å². The third-order valence-electron chi connectivity index (χ3n) is 4.72. The number of hydrogen-bond donors (Lipinski definition) is 1. The average Bonchev–Trinajstić information content (AvgIpc) is 2.88. The molecule has 0 unspecified atom stereocenters. The van der Waals surface area contributed by atoms with Crippen molar-refractivity contribution in [1.29, 1.82) is 0 Å². The van der Waals surface area contributed by atoms with Crippen LogP contribution in [0.25, 0.3) is 5.82 Å². The molecule has 1 aliphatic rings. The van der Waals surface area contributed by atoms with Gasteiger partial charge >= 0.3 is 0 Å². The van der Waals surface area contributed by atoms with Crippen molar-refractivity contribution >= 4 is 0 Å². The standard InChI is InChI=1S/C18H24F2N4/c1-12-7-13(2)24(23-12)17-10-15(11-21)9-16(22-17)8-14-3-5-18(19,20)6-4-14/h7,9-10,14H,3-6,8,11,21H2,1-2H3. The van der Waals surface area contributed by atoms with Gasteiger partial charge in [0.2, 0.25) is 5.92 Å². The second-order valence-electron chi connectivity index (χ2n) is 6.87. The summed E-state index contributed by atoms with van der Waals surface area (Å²) in [6.45, 7) is 4.35. The van der Waals surface area contributed by atoms with Crippen LogP contribution in [0.3, 0.4) is 0 Å². The third kappa shape index (κ3) is 3.80. The predicted octanol–water partition coefficient (Wildman–Crippen LogP) is 3.71. The number of hydrogen-bond acceptors (Lipinski definition) is 3. The fourth-order valence-corrected chi connectivity index (χ4v) is 3.42. The number of halogens is 2. The summed E-state index contributed by atoms with van der Waals surface area (Å²) in [6, 6.07) is 5.93. The van der Waals surface area contributed by atoms with Crippen LogP contribution in [0.15, 0.2) is 18.2 Å². The normalized spacial score (nSPS) is 18.0. The number of aromatic nitrogens is 3. The summed E-state index contributed by atoms with van der Waals surface area (Å²) in [5.41, 5.74) is 9.67. The Balaban J connectivity index is 1.83. The monoisotopic (exact) mass is 334 g/mol. The first-order valence-corrected chi connectivity index (χ1v) is 8.48. The molecule has 0 aliphatic heterocycles. The molecular weight excluding hydrogens is 310 g/mol. The Bertz CT molecular complexity index is 714. The SMILES string of the molecule is Cc1cc(C)n(-c2cc(CN)cc(CC3CCC(F)(F)CC3)n2)n1. The number of aryl methyl sites for hydroxylation is 2. The molecule has 2 aromatic rings. The highest BCUT2D eigenvalue weighted by molar-refractivity contribution is 5.33. The molecule has 0 atom stereocenters. The van der Waals surface area contributed by atoms with Crippen LogP contribution in [0.5, 0.6) is 0 Å². The van der Waals surface area contributed by atoms with Crippen molar-refractivity contribution < 1.29 is 8.78 Å². The zero-order valence-electron chi connectivity index (χ0n) is 14.2. The van der Waals surface area contributed by atoms with E-state index in [1.165, 1.54) is 0 Å². The van der Waals surface area contributed by atoms with Crippen LogP contribution in [0.2, 0.25) is 0 Å². The van der Waals surface area contributed by atoms with Gasteiger partial charge in [0, 0.05) is 30.8 Å². The van der Waals surface area contributed by atoms with Gasteiger partial charge in [0.1, 0.15) is 0 Å². The molecule has 0 aromatic carbocycles. The maximum Gasteiger partial charge on any atom is 0.248 e. The third-order valence-corrected chi connectivity index (χ3v) is 4.72. The van der Waals surface area contributed by atoms with Gasteiger partial charge in [0.15, 0.2) is 5.82 Å². The molecule has 1 saturated carbocycles. The molecule has 130 valence electrons. The van der Waals surface area contributed by atoms with E-state index in [2.05, 4.69) is 5.10 Å². The van der Waals surface area contributed by atoms with E-state index in [4.69, 9.17) is 10.7 Å². The van der Waals surface area contributed by atoms with Gasteiger partial charge in [-0.15, -0.1) is 0 Å². The molecule has 0 saturated heterocycles. The van der Waals surface area contributed by atoms with Gasteiger partial charge in [0.25, 0.3) is 0 Å². The van der Waals surface area contributed by atoms with Gasteiger partial charge in [-0.1, -0.05) is 0 Å². The Morgan fingerprint density at radius 2 is 1.92 bits per heavy atom. The van der Waals surface area contributed by atoms with Crippen molar-refractivity contribution in [3.8, 4) is 5.82 Å². The van der Waals surface area contributed by atoms with E-state index in [9.17, 15) is 8.78 Å². The smallest absolute Gasteiger partial charge is 0.248 e. The molecule has 4 nitrogen and oxygen atoms in total. The fourth-order valence-electron chi connectivity index (χ4n) is 3.42. The highest BCUT2D eigenvalue weighted by atomic mass is 19.3. The first kappa shape index (κ1) is 17.0. The van der Waals surface area contributed by atoms with E-state index in [1.54, 1.807) is 0 Å². The Hall–Kier alpha value is -1.82. The van der Waals surface area contributed by atoms with E-state index < -0.39 is 5.92 Å².